The highest BCUT2D eigenvalue weighted by Crippen LogP contribution is 2.26. The fourth-order valence-electron chi connectivity index (χ4n) is 1.48. The van der Waals surface area contributed by atoms with Crippen LogP contribution < -0.4 is 5.32 Å². The second-order valence-corrected chi connectivity index (χ2v) is 5.03. The number of halogens is 3. The molecule has 98 valence electrons. The Morgan fingerprint density at radius 2 is 2.00 bits per heavy atom. The molecular weight excluding hydrogens is 337 g/mol. The molecule has 0 radical (unpaired) electrons. The number of nitrogens with one attached hydrogen (secondary N) is 1. The molecule has 19 heavy (non-hydrogen) atoms. The normalized spacial score (nSPS) is 10.3. The van der Waals surface area contributed by atoms with Gasteiger partial charge in [0.2, 0.25) is 0 Å². The first-order valence-corrected chi connectivity index (χ1v) is 6.39. The quantitative estimate of drug-likeness (QED) is 0.858. The Hall–Kier alpha value is -1.59. The number of hydrogen-bond donors (Lipinski definition) is 2. The first-order valence-electron chi connectivity index (χ1n) is 5.22. The molecule has 3 nitrogen and oxygen atoms in total. The van der Waals surface area contributed by atoms with E-state index in [1.165, 1.54) is 36.4 Å². The molecule has 0 heterocycles. The van der Waals surface area contributed by atoms with E-state index in [0.29, 0.717) is 15.2 Å². The van der Waals surface area contributed by atoms with Gasteiger partial charge in [0.25, 0.3) is 5.91 Å². The van der Waals surface area contributed by atoms with Gasteiger partial charge in [-0.25, -0.2) is 4.39 Å². The molecule has 0 aromatic heterocycles. The van der Waals surface area contributed by atoms with Crippen LogP contribution in [-0.4, -0.2) is 11.0 Å². The number of carbonyl (C=O) groups is 1. The summed E-state index contributed by atoms with van der Waals surface area (Å²) < 4.78 is 13.3. The van der Waals surface area contributed by atoms with Crippen molar-refractivity contribution in [2.24, 2.45) is 0 Å². The lowest BCUT2D eigenvalue weighted by atomic mass is 10.2. The van der Waals surface area contributed by atoms with Gasteiger partial charge in [0, 0.05) is 9.50 Å². The van der Waals surface area contributed by atoms with Crippen molar-refractivity contribution in [2.75, 3.05) is 5.32 Å². The van der Waals surface area contributed by atoms with Gasteiger partial charge in [0.05, 0.1) is 11.3 Å². The van der Waals surface area contributed by atoms with Gasteiger partial charge in [0.1, 0.15) is 11.6 Å². The van der Waals surface area contributed by atoms with Crippen LogP contribution in [0, 0.1) is 5.82 Å². The molecule has 2 N–H and O–H groups in total. The summed E-state index contributed by atoms with van der Waals surface area (Å²) in [5.74, 6) is -1.15. The number of benzene rings is 2. The zero-order chi connectivity index (χ0) is 14.0. The van der Waals surface area contributed by atoms with Crippen LogP contribution in [0.1, 0.15) is 10.4 Å². The van der Waals surface area contributed by atoms with Crippen molar-refractivity contribution in [3.8, 4) is 5.75 Å². The summed E-state index contributed by atoms with van der Waals surface area (Å²) in [6.45, 7) is 0. The van der Waals surface area contributed by atoms with Crippen molar-refractivity contribution in [2.45, 2.75) is 0 Å². The molecule has 0 atom stereocenters. The number of carbonyl (C=O) groups excluding carboxylic acids is 1. The van der Waals surface area contributed by atoms with Gasteiger partial charge in [-0.2, -0.15) is 0 Å². The lowest BCUT2D eigenvalue weighted by Crippen LogP contribution is -2.12. The maximum Gasteiger partial charge on any atom is 0.259 e. The zero-order valence-corrected chi connectivity index (χ0v) is 11.8. The van der Waals surface area contributed by atoms with E-state index in [1.54, 1.807) is 0 Å². The molecule has 1 amide bonds. The van der Waals surface area contributed by atoms with Gasteiger partial charge in [-0.15, -0.1) is 0 Å². The highest BCUT2D eigenvalue weighted by atomic mass is 79.9. The third kappa shape index (κ3) is 3.24. The number of phenols is 1. The maximum absolute atomic E-state index is 12.9. The minimum absolute atomic E-state index is 0.0839. The van der Waals surface area contributed by atoms with E-state index in [-0.39, 0.29) is 11.3 Å². The molecule has 0 saturated carbocycles. The number of amides is 1. The number of rotatable bonds is 2. The van der Waals surface area contributed by atoms with Crippen LogP contribution in [0.2, 0.25) is 5.02 Å². The number of phenolic OH excluding ortho intramolecular Hbond substituents is 1. The first-order chi connectivity index (χ1) is 8.97. The summed E-state index contributed by atoms with van der Waals surface area (Å²) in [4.78, 5) is 12.0. The number of aromatic hydroxyl groups is 1. The van der Waals surface area contributed by atoms with E-state index in [2.05, 4.69) is 21.2 Å². The summed E-state index contributed by atoms with van der Waals surface area (Å²) >= 11 is 8.82. The van der Waals surface area contributed by atoms with Gasteiger partial charge >= 0.3 is 0 Å². The monoisotopic (exact) mass is 343 g/mol. The van der Waals surface area contributed by atoms with E-state index in [9.17, 15) is 14.3 Å². The number of hydrogen-bond acceptors (Lipinski definition) is 2. The average molecular weight is 345 g/mol. The van der Waals surface area contributed by atoms with Crippen LogP contribution in [0.5, 0.6) is 5.75 Å². The van der Waals surface area contributed by atoms with E-state index in [0.717, 1.165) is 0 Å². The van der Waals surface area contributed by atoms with Crippen molar-refractivity contribution in [1.82, 2.24) is 0 Å². The molecule has 0 bridgehead atoms. The molecule has 2 aromatic carbocycles. The SMILES string of the molecule is O=C(Nc1ccc(F)cc1Br)c1ccc(Cl)cc1O. The average Bonchev–Trinajstić information content (AvgIpc) is 2.32. The van der Waals surface area contributed by atoms with Crippen molar-refractivity contribution in [3.63, 3.8) is 0 Å². The molecule has 2 rings (SSSR count). The molecule has 0 fully saturated rings. The van der Waals surface area contributed by atoms with Crippen LogP contribution in [-0.2, 0) is 0 Å². The smallest absolute Gasteiger partial charge is 0.259 e. The third-order valence-corrected chi connectivity index (χ3v) is 3.27. The van der Waals surface area contributed by atoms with Gasteiger partial charge in [-0.3, -0.25) is 4.79 Å². The van der Waals surface area contributed by atoms with Crippen molar-refractivity contribution in [1.29, 1.82) is 0 Å². The Morgan fingerprint density at radius 1 is 1.26 bits per heavy atom. The molecule has 0 aliphatic heterocycles. The fourth-order valence-corrected chi connectivity index (χ4v) is 2.09. The van der Waals surface area contributed by atoms with Crippen LogP contribution in [0.25, 0.3) is 0 Å². The van der Waals surface area contributed by atoms with Gasteiger partial charge in [-0.05, 0) is 52.3 Å². The van der Waals surface area contributed by atoms with E-state index < -0.39 is 11.7 Å². The van der Waals surface area contributed by atoms with Crippen molar-refractivity contribution < 1.29 is 14.3 Å². The van der Waals surface area contributed by atoms with Crippen LogP contribution in [0.3, 0.4) is 0 Å². The molecule has 0 aliphatic carbocycles. The first kappa shape index (κ1) is 13.8. The largest absolute Gasteiger partial charge is 0.507 e. The van der Waals surface area contributed by atoms with Crippen LogP contribution in [0.15, 0.2) is 40.9 Å². The highest BCUT2D eigenvalue weighted by molar-refractivity contribution is 9.10. The molecule has 0 unspecified atom stereocenters. The minimum atomic E-state index is -0.513. The Morgan fingerprint density at radius 3 is 2.63 bits per heavy atom. The zero-order valence-electron chi connectivity index (χ0n) is 9.45. The molecule has 0 spiro atoms. The second kappa shape index (κ2) is 5.59. The maximum atomic E-state index is 12.9. The molecule has 0 aliphatic rings. The predicted molar refractivity (Wildman–Crippen MR) is 75.2 cm³/mol. The van der Waals surface area contributed by atoms with E-state index >= 15 is 0 Å². The molecule has 0 saturated heterocycles. The topological polar surface area (TPSA) is 49.3 Å². The summed E-state index contributed by atoms with van der Waals surface area (Å²) in [7, 11) is 0. The molecular formula is C13H8BrClFNO2. The fraction of sp³-hybridized carbons (Fsp3) is 0. The van der Waals surface area contributed by atoms with Crippen LogP contribution in [0.4, 0.5) is 10.1 Å². The summed E-state index contributed by atoms with van der Waals surface area (Å²) in [6, 6.07) is 8.06. The lowest BCUT2D eigenvalue weighted by molar-refractivity contribution is 0.102. The van der Waals surface area contributed by atoms with Gasteiger partial charge in [0.15, 0.2) is 0 Å². The Labute approximate surface area is 122 Å². The Bertz CT molecular complexity index is 649. The predicted octanol–water partition coefficient (Wildman–Crippen LogP) is 4.20. The Kier molecular flexibility index (Phi) is 4.07. The van der Waals surface area contributed by atoms with E-state index in [4.69, 9.17) is 11.6 Å². The molecule has 6 heteroatoms. The summed E-state index contributed by atoms with van der Waals surface area (Å²) in [6.07, 6.45) is 0. The standard InChI is InChI=1S/C13H8BrClFNO2/c14-10-6-8(16)2-4-11(10)17-13(19)9-3-1-7(15)5-12(9)18/h1-6,18H,(H,17,19). The minimum Gasteiger partial charge on any atom is -0.507 e. The number of anilines is 1. The molecule has 2 aromatic rings. The highest BCUT2D eigenvalue weighted by Gasteiger charge is 2.13. The van der Waals surface area contributed by atoms with Gasteiger partial charge in [-0.1, -0.05) is 11.6 Å². The van der Waals surface area contributed by atoms with Gasteiger partial charge < -0.3 is 10.4 Å². The summed E-state index contributed by atoms with van der Waals surface area (Å²) in [5, 5.41) is 12.5. The summed E-state index contributed by atoms with van der Waals surface area (Å²) in [5.41, 5.74) is 0.487. The lowest BCUT2D eigenvalue weighted by Gasteiger charge is -2.08. The third-order valence-electron chi connectivity index (χ3n) is 2.38. The van der Waals surface area contributed by atoms with E-state index in [1.807, 2.05) is 0 Å². The van der Waals surface area contributed by atoms with Crippen molar-refractivity contribution in [3.05, 3.63) is 57.3 Å². The van der Waals surface area contributed by atoms with Crippen LogP contribution >= 0.6 is 27.5 Å². The van der Waals surface area contributed by atoms with Crippen molar-refractivity contribution >= 4 is 39.1 Å². The second-order valence-electron chi connectivity index (χ2n) is 3.74. The Balaban J connectivity index is 2.25.